The molecule has 1 saturated carbocycles. The van der Waals surface area contributed by atoms with Crippen LogP contribution in [0.25, 0.3) is 0 Å². The minimum Gasteiger partial charge on any atom is -0.465 e. The lowest BCUT2D eigenvalue weighted by atomic mass is 10.1. The van der Waals surface area contributed by atoms with Crippen molar-refractivity contribution in [2.24, 2.45) is 0 Å². The molecule has 0 aromatic carbocycles. The quantitative estimate of drug-likeness (QED) is 0.574. The van der Waals surface area contributed by atoms with Crippen molar-refractivity contribution in [2.75, 3.05) is 6.61 Å². The van der Waals surface area contributed by atoms with Gasteiger partial charge in [0.1, 0.15) is 0 Å². The summed E-state index contributed by atoms with van der Waals surface area (Å²) in [5, 5.41) is 0. The lowest BCUT2D eigenvalue weighted by Crippen LogP contribution is -2.43. The third kappa shape index (κ3) is 2.69. The molecular weight excluding hydrogens is 245 g/mol. The Morgan fingerprint density at radius 2 is 2.19 bits per heavy atom. The van der Waals surface area contributed by atoms with E-state index in [9.17, 15) is 22.8 Å². The summed E-state index contributed by atoms with van der Waals surface area (Å²) in [7, 11) is 0. The van der Waals surface area contributed by atoms with Gasteiger partial charge in [-0.15, -0.1) is 0 Å². The highest BCUT2D eigenvalue weighted by Crippen LogP contribution is 2.48. The average molecular weight is 256 g/mol. The third-order valence-corrected chi connectivity index (χ3v) is 3.46. The average Bonchev–Trinajstić information content (AvgIpc) is 2.46. The summed E-state index contributed by atoms with van der Waals surface area (Å²) in [6, 6.07) is 0. The van der Waals surface area contributed by atoms with E-state index in [1.54, 1.807) is 0 Å². The van der Waals surface area contributed by atoms with Gasteiger partial charge in [-0.2, -0.15) is 13.2 Å². The van der Waals surface area contributed by atoms with E-state index in [0.29, 0.717) is 6.42 Å². The molecular formula is C9H11F3O3S. The Morgan fingerprint density at radius 3 is 2.56 bits per heavy atom. The smallest absolute Gasteiger partial charge is 0.443 e. The summed E-state index contributed by atoms with van der Waals surface area (Å²) in [5.74, 6) is -1.76. The SMILES string of the molecule is CCOC(=O)C1(SC(F)(F)F)CCCC1=O. The van der Waals surface area contributed by atoms with Crippen LogP contribution in [0.1, 0.15) is 26.2 Å². The van der Waals surface area contributed by atoms with Crippen LogP contribution in [-0.4, -0.2) is 28.6 Å². The molecule has 0 radical (unpaired) electrons. The molecule has 16 heavy (non-hydrogen) atoms. The van der Waals surface area contributed by atoms with Crippen molar-refractivity contribution < 1.29 is 27.5 Å². The van der Waals surface area contributed by atoms with Crippen LogP contribution in [0.5, 0.6) is 0 Å². The number of carbonyl (C=O) groups is 2. The van der Waals surface area contributed by atoms with E-state index in [2.05, 4.69) is 4.74 Å². The number of halogens is 3. The lowest BCUT2D eigenvalue weighted by molar-refractivity contribution is -0.148. The number of carbonyl (C=O) groups excluding carboxylic acids is 2. The fourth-order valence-electron chi connectivity index (χ4n) is 1.65. The second-order valence-electron chi connectivity index (χ2n) is 3.37. The predicted octanol–water partition coefficient (Wildman–Crippen LogP) is 2.29. The van der Waals surface area contributed by atoms with Gasteiger partial charge in [0.05, 0.1) is 6.61 Å². The standard InChI is InChI=1S/C9H11F3O3S/c1-2-15-7(14)8(16-9(10,11)12)5-3-4-6(8)13/h2-5H2,1H3. The molecule has 1 aliphatic rings. The van der Waals surface area contributed by atoms with Crippen LogP contribution >= 0.6 is 11.8 Å². The number of ether oxygens (including phenoxy) is 1. The highest BCUT2D eigenvalue weighted by atomic mass is 32.2. The van der Waals surface area contributed by atoms with Crippen LogP contribution < -0.4 is 0 Å². The number of hydrogen-bond acceptors (Lipinski definition) is 4. The number of ketones is 1. The van der Waals surface area contributed by atoms with Crippen LogP contribution in [0.3, 0.4) is 0 Å². The number of thioether (sulfide) groups is 1. The van der Waals surface area contributed by atoms with Crippen LogP contribution in [0, 0.1) is 0 Å². The van der Waals surface area contributed by atoms with Crippen molar-refractivity contribution >= 4 is 23.5 Å². The fourth-order valence-corrected chi connectivity index (χ4v) is 2.65. The minimum atomic E-state index is -4.62. The van der Waals surface area contributed by atoms with E-state index in [1.807, 2.05) is 0 Å². The van der Waals surface area contributed by atoms with Gasteiger partial charge in [-0.25, -0.2) is 0 Å². The van der Waals surface area contributed by atoms with E-state index in [0.717, 1.165) is 0 Å². The Kier molecular flexibility index (Phi) is 3.88. The number of Topliss-reactive ketones (excluding diaryl/α,β-unsaturated/α-hetero) is 1. The van der Waals surface area contributed by atoms with Crippen LogP contribution in [0.4, 0.5) is 13.2 Å². The highest BCUT2D eigenvalue weighted by Gasteiger charge is 2.56. The Morgan fingerprint density at radius 1 is 1.56 bits per heavy atom. The molecule has 0 amide bonds. The van der Waals surface area contributed by atoms with Gasteiger partial charge in [0.25, 0.3) is 0 Å². The summed E-state index contributed by atoms with van der Waals surface area (Å²) in [5.41, 5.74) is -4.62. The molecule has 1 aliphatic carbocycles. The first-order valence-electron chi connectivity index (χ1n) is 4.79. The monoisotopic (exact) mass is 256 g/mol. The molecule has 0 aromatic rings. The summed E-state index contributed by atoms with van der Waals surface area (Å²) in [6.45, 7) is 1.45. The summed E-state index contributed by atoms with van der Waals surface area (Å²) >= 11 is -0.556. The molecule has 3 nitrogen and oxygen atoms in total. The Labute approximate surface area is 94.7 Å². The van der Waals surface area contributed by atoms with Gasteiger partial charge in [0, 0.05) is 6.42 Å². The first kappa shape index (κ1) is 13.3. The van der Waals surface area contributed by atoms with Crippen molar-refractivity contribution in [1.29, 1.82) is 0 Å². The van der Waals surface area contributed by atoms with Crippen molar-refractivity contribution in [3.8, 4) is 0 Å². The first-order chi connectivity index (χ1) is 7.32. The summed E-state index contributed by atoms with van der Waals surface area (Å²) in [6.07, 6.45) is 0.192. The van der Waals surface area contributed by atoms with Gasteiger partial charge in [-0.1, -0.05) is 0 Å². The van der Waals surface area contributed by atoms with Gasteiger partial charge in [0.2, 0.25) is 0 Å². The number of alkyl halides is 3. The fraction of sp³-hybridized carbons (Fsp3) is 0.778. The predicted molar refractivity (Wildman–Crippen MR) is 51.9 cm³/mol. The second-order valence-corrected chi connectivity index (χ2v) is 4.74. The zero-order valence-corrected chi connectivity index (χ0v) is 9.41. The van der Waals surface area contributed by atoms with E-state index < -0.39 is 33.8 Å². The molecule has 1 fully saturated rings. The molecule has 1 unspecified atom stereocenters. The molecule has 0 spiro atoms. The van der Waals surface area contributed by atoms with E-state index in [4.69, 9.17) is 0 Å². The van der Waals surface area contributed by atoms with Crippen molar-refractivity contribution in [1.82, 2.24) is 0 Å². The van der Waals surface area contributed by atoms with Crippen LogP contribution in [0.15, 0.2) is 0 Å². The van der Waals surface area contributed by atoms with Crippen molar-refractivity contribution in [3.05, 3.63) is 0 Å². The van der Waals surface area contributed by atoms with Crippen LogP contribution in [-0.2, 0) is 14.3 Å². The second kappa shape index (κ2) is 4.65. The Bertz CT molecular complexity index is 303. The maximum absolute atomic E-state index is 12.3. The number of esters is 1. The van der Waals surface area contributed by atoms with Gasteiger partial charge in [-0.05, 0) is 31.5 Å². The largest absolute Gasteiger partial charge is 0.465 e. The molecule has 0 bridgehead atoms. The first-order valence-corrected chi connectivity index (χ1v) is 5.61. The zero-order valence-electron chi connectivity index (χ0n) is 8.60. The minimum absolute atomic E-state index is 0.00188. The molecule has 0 heterocycles. The maximum Gasteiger partial charge on any atom is 0.443 e. The Balaban J connectivity index is 2.94. The molecule has 0 aromatic heterocycles. The topological polar surface area (TPSA) is 43.4 Å². The molecule has 92 valence electrons. The van der Waals surface area contributed by atoms with Crippen molar-refractivity contribution in [3.63, 3.8) is 0 Å². The molecule has 0 saturated heterocycles. The van der Waals surface area contributed by atoms with Gasteiger partial charge >= 0.3 is 11.5 Å². The number of hydrogen-bond donors (Lipinski definition) is 0. The lowest BCUT2D eigenvalue weighted by Gasteiger charge is -2.24. The number of rotatable bonds is 3. The molecule has 0 N–H and O–H groups in total. The van der Waals surface area contributed by atoms with E-state index >= 15 is 0 Å². The molecule has 1 rings (SSSR count). The highest BCUT2D eigenvalue weighted by molar-refractivity contribution is 8.03. The third-order valence-electron chi connectivity index (χ3n) is 2.28. The van der Waals surface area contributed by atoms with Gasteiger partial charge < -0.3 is 4.74 Å². The molecule has 0 aliphatic heterocycles. The van der Waals surface area contributed by atoms with Crippen LogP contribution in [0.2, 0.25) is 0 Å². The van der Waals surface area contributed by atoms with Crippen molar-refractivity contribution in [2.45, 2.75) is 36.4 Å². The molecule has 7 heteroatoms. The summed E-state index contributed by atoms with van der Waals surface area (Å²) in [4.78, 5) is 23.0. The maximum atomic E-state index is 12.3. The molecule has 1 atom stereocenters. The Hall–Kier alpha value is -0.720. The zero-order chi connectivity index (χ0) is 12.4. The van der Waals surface area contributed by atoms with E-state index in [1.165, 1.54) is 6.92 Å². The summed E-state index contributed by atoms with van der Waals surface area (Å²) < 4.78 is 39.5. The normalized spacial score (nSPS) is 25.9. The van der Waals surface area contributed by atoms with E-state index in [-0.39, 0.29) is 19.4 Å². The van der Waals surface area contributed by atoms with Gasteiger partial charge in [0.15, 0.2) is 10.5 Å². The van der Waals surface area contributed by atoms with Gasteiger partial charge in [-0.3, -0.25) is 9.59 Å².